The molecule has 1 aromatic heterocycles. The molecule has 1 heterocycles. The number of carbonyl (C=O) groups is 1. The molecule has 0 aliphatic heterocycles. The van der Waals surface area contributed by atoms with Gasteiger partial charge >= 0.3 is 0 Å². The molecule has 1 N–H and O–H groups in total. The number of nitrogens with one attached hydrogen (secondary N) is 1. The van der Waals surface area contributed by atoms with Crippen LogP contribution in [-0.4, -0.2) is 27.6 Å². The van der Waals surface area contributed by atoms with Crippen LogP contribution in [0.4, 0.5) is 0 Å². The van der Waals surface area contributed by atoms with Crippen LogP contribution in [0.25, 0.3) is 10.8 Å². The highest BCUT2D eigenvalue weighted by Crippen LogP contribution is 2.30. The molecule has 8 heteroatoms. The summed E-state index contributed by atoms with van der Waals surface area (Å²) >= 11 is 4.53. The Hall–Kier alpha value is -2.68. The number of thioether (sulfide) groups is 2. The van der Waals surface area contributed by atoms with E-state index in [1.807, 2.05) is 49.4 Å². The summed E-state index contributed by atoms with van der Waals surface area (Å²) in [4.78, 5) is 12.2. The van der Waals surface area contributed by atoms with Gasteiger partial charge in [0.2, 0.25) is 0 Å². The Morgan fingerprint density at radius 1 is 0.935 bits per heavy atom. The molecule has 4 rings (SSSR count). The summed E-state index contributed by atoms with van der Waals surface area (Å²) in [6.45, 7) is 1.90. The van der Waals surface area contributed by atoms with Gasteiger partial charge in [-0.2, -0.15) is 5.10 Å². The Balaban J connectivity index is 1.29. The van der Waals surface area contributed by atoms with Crippen LogP contribution in [0.3, 0.4) is 0 Å². The molecule has 0 bridgehead atoms. The molecule has 1 amide bonds. The third kappa shape index (κ3) is 5.94. The first kappa shape index (κ1) is 21.5. The normalized spacial score (nSPS) is 11.6. The Kier molecular flexibility index (Phi) is 7.35. The summed E-state index contributed by atoms with van der Waals surface area (Å²) in [7, 11) is 0. The highest BCUT2D eigenvalue weighted by atomic mass is 32.2. The van der Waals surface area contributed by atoms with Crippen LogP contribution < -0.4 is 5.43 Å². The first-order chi connectivity index (χ1) is 15.2. The van der Waals surface area contributed by atoms with Gasteiger partial charge < -0.3 is 0 Å². The van der Waals surface area contributed by atoms with Crippen LogP contribution in [0.5, 0.6) is 0 Å². The summed E-state index contributed by atoms with van der Waals surface area (Å²) in [5.41, 5.74) is 5.67. The number of hydrazone groups is 1. The lowest BCUT2D eigenvalue weighted by Gasteiger charge is -2.06. The van der Waals surface area contributed by atoms with E-state index in [4.69, 9.17) is 0 Å². The topological polar surface area (TPSA) is 67.2 Å². The van der Waals surface area contributed by atoms with Crippen molar-refractivity contribution in [2.75, 3.05) is 5.75 Å². The van der Waals surface area contributed by atoms with E-state index in [0.29, 0.717) is 0 Å². The van der Waals surface area contributed by atoms with Gasteiger partial charge in [0, 0.05) is 11.3 Å². The number of nitrogens with zero attached hydrogens (tertiary/aromatic N) is 3. The van der Waals surface area contributed by atoms with Gasteiger partial charge in [-0.25, -0.2) is 5.43 Å². The average Bonchev–Trinajstić information content (AvgIpc) is 3.28. The van der Waals surface area contributed by atoms with E-state index in [-0.39, 0.29) is 11.7 Å². The van der Waals surface area contributed by atoms with Crippen molar-refractivity contribution in [3.63, 3.8) is 0 Å². The molecule has 0 spiro atoms. The van der Waals surface area contributed by atoms with Gasteiger partial charge in [0.05, 0.1) is 11.5 Å². The number of carbonyl (C=O) groups excluding carboxylic acids is 1. The second-order valence-electron chi connectivity index (χ2n) is 6.66. The lowest BCUT2D eigenvalue weighted by atomic mass is 10.0. The molecular formula is C23H20N4OS3. The lowest BCUT2D eigenvalue weighted by Crippen LogP contribution is -2.21. The fraction of sp³-hybridized carbons (Fsp3) is 0.130. The summed E-state index contributed by atoms with van der Waals surface area (Å²) in [6, 6.07) is 24.5. The van der Waals surface area contributed by atoms with E-state index >= 15 is 0 Å². The van der Waals surface area contributed by atoms with Crippen LogP contribution in [0.15, 0.2) is 86.6 Å². The van der Waals surface area contributed by atoms with Crippen molar-refractivity contribution in [3.05, 3.63) is 83.9 Å². The smallest absolute Gasteiger partial charge is 0.250 e. The maximum atomic E-state index is 12.2. The lowest BCUT2D eigenvalue weighted by molar-refractivity contribution is -0.118. The molecule has 5 nitrogen and oxygen atoms in total. The van der Waals surface area contributed by atoms with Gasteiger partial charge in [-0.3, -0.25) is 4.79 Å². The maximum absolute atomic E-state index is 12.2. The summed E-state index contributed by atoms with van der Waals surface area (Å²) in [5.74, 6) is 0.922. The van der Waals surface area contributed by atoms with Gasteiger partial charge in [-0.05, 0) is 23.3 Å². The molecule has 0 aliphatic carbocycles. The maximum Gasteiger partial charge on any atom is 0.250 e. The summed E-state index contributed by atoms with van der Waals surface area (Å²) in [5, 5.41) is 14.9. The fourth-order valence-electron chi connectivity index (χ4n) is 2.94. The molecular weight excluding hydrogens is 444 g/mol. The van der Waals surface area contributed by atoms with Crippen molar-refractivity contribution < 1.29 is 4.79 Å². The van der Waals surface area contributed by atoms with Crippen LogP contribution >= 0.6 is 34.9 Å². The van der Waals surface area contributed by atoms with Crippen LogP contribution in [0.1, 0.15) is 18.1 Å². The van der Waals surface area contributed by atoms with E-state index in [1.54, 1.807) is 11.8 Å². The minimum absolute atomic E-state index is 0.168. The number of benzene rings is 3. The minimum Gasteiger partial charge on any atom is -0.272 e. The quantitative estimate of drug-likeness (QED) is 0.208. The number of aromatic nitrogens is 2. The van der Waals surface area contributed by atoms with Crippen molar-refractivity contribution in [1.29, 1.82) is 0 Å². The Morgan fingerprint density at radius 3 is 2.48 bits per heavy atom. The van der Waals surface area contributed by atoms with Crippen molar-refractivity contribution in [3.8, 4) is 0 Å². The Labute approximate surface area is 193 Å². The van der Waals surface area contributed by atoms with E-state index in [0.717, 1.165) is 36.5 Å². The van der Waals surface area contributed by atoms with Gasteiger partial charge in [0.15, 0.2) is 8.68 Å². The Bertz CT molecular complexity index is 1200. The number of rotatable bonds is 8. The number of hydrogen-bond donors (Lipinski definition) is 1. The molecule has 0 atom stereocenters. The van der Waals surface area contributed by atoms with Gasteiger partial charge in [0.25, 0.3) is 5.91 Å². The Morgan fingerprint density at radius 2 is 1.65 bits per heavy atom. The third-order valence-corrected chi connectivity index (χ3v) is 7.71. The van der Waals surface area contributed by atoms with Crippen molar-refractivity contribution in [2.45, 2.75) is 21.4 Å². The van der Waals surface area contributed by atoms with Crippen molar-refractivity contribution in [2.24, 2.45) is 5.10 Å². The fourth-order valence-corrected chi connectivity index (χ4v) is 5.71. The van der Waals surface area contributed by atoms with Crippen molar-refractivity contribution >= 4 is 57.3 Å². The monoisotopic (exact) mass is 464 g/mol. The van der Waals surface area contributed by atoms with E-state index in [9.17, 15) is 4.79 Å². The van der Waals surface area contributed by atoms with Gasteiger partial charge in [0.1, 0.15) is 0 Å². The molecule has 4 aromatic rings. The number of hydrogen-bond acceptors (Lipinski definition) is 7. The predicted molar refractivity (Wildman–Crippen MR) is 131 cm³/mol. The zero-order valence-corrected chi connectivity index (χ0v) is 19.3. The molecule has 0 aliphatic rings. The highest BCUT2D eigenvalue weighted by Gasteiger charge is 2.09. The average molecular weight is 465 g/mol. The SMILES string of the molecule is C/C(=N/NC(=O)CSc1nnc(SCc2ccccc2)s1)c1cccc2ccccc12. The highest BCUT2D eigenvalue weighted by molar-refractivity contribution is 8.03. The minimum atomic E-state index is -0.168. The van der Waals surface area contributed by atoms with Gasteiger partial charge in [-0.1, -0.05) is 108 Å². The summed E-state index contributed by atoms with van der Waals surface area (Å²) < 4.78 is 1.68. The second-order valence-corrected chi connectivity index (χ2v) is 10.1. The molecule has 0 unspecified atom stereocenters. The number of amides is 1. The standard InChI is InChI=1S/C23H20N4OS3/c1-16(19-13-7-11-18-10-5-6-12-20(18)19)24-25-21(28)15-30-23-27-26-22(31-23)29-14-17-8-3-2-4-9-17/h2-13H,14-15H2,1H3,(H,25,28)/b24-16-. The van der Waals surface area contributed by atoms with E-state index < -0.39 is 0 Å². The molecule has 0 saturated heterocycles. The first-order valence-corrected chi connectivity index (χ1v) is 12.4. The second kappa shape index (κ2) is 10.6. The van der Waals surface area contributed by atoms with Crippen molar-refractivity contribution in [1.82, 2.24) is 15.6 Å². The first-order valence-electron chi connectivity index (χ1n) is 9.63. The third-order valence-electron chi connectivity index (χ3n) is 4.45. The molecule has 0 saturated carbocycles. The van der Waals surface area contributed by atoms with Crippen LogP contribution in [0.2, 0.25) is 0 Å². The molecule has 0 fully saturated rings. The molecule has 0 radical (unpaired) electrons. The van der Waals surface area contributed by atoms with E-state index in [1.165, 1.54) is 28.7 Å². The molecule has 3 aromatic carbocycles. The summed E-state index contributed by atoms with van der Waals surface area (Å²) in [6.07, 6.45) is 0. The van der Waals surface area contributed by atoms with Crippen LogP contribution in [0, 0.1) is 0 Å². The van der Waals surface area contributed by atoms with E-state index in [2.05, 4.69) is 51.1 Å². The predicted octanol–water partition coefficient (Wildman–Crippen LogP) is 5.62. The zero-order chi connectivity index (χ0) is 21.5. The number of fused-ring (bicyclic) bond motifs is 1. The molecule has 156 valence electrons. The van der Waals surface area contributed by atoms with Crippen LogP contribution in [-0.2, 0) is 10.5 Å². The largest absolute Gasteiger partial charge is 0.272 e. The molecule has 31 heavy (non-hydrogen) atoms. The van der Waals surface area contributed by atoms with Gasteiger partial charge in [-0.15, -0.1) is 10.2 Å². The zero-order valence-electron chi connectivity index (χ0n) is 16.8.